The van der Waals surface area contributed by atoms with Gasteiger partial charge in [0.2, 0.25) is 0 Å². The lowest BCUT2D eigenvalue weighted by Crippen LogP contribution is -2.25. The van der Waals surface area contributed by atoms with Crippen molar-refractivity contribution in [3.63, 3.8) is 0 Å². The van der Waals surface area contributed by atoms with E-state index in [0.717, 1.165) is 35.7 Å². The van der Waals surface area contributed by atoms with Gasteiger partial charge in [-0.25, -0.2) is 0 Å². The lowest BCUT2D eigenvalue weighted by Gasteiger charge is -2.39. The third kappa shape index (κ3) is 3.21. The van der Waals surface area contributed by atoms with Gasteiger partial charge in [-0.15, -0.1) is 0 Å². The molecule has 0 aromatic heterocycles. The van der Waals surface area contributed by atoms with Gasteiger partial charge >= 0.3 is 5.97 Å². The SMILES string of the molecule is CC(C)(CCCCCN1c2cccc3cccc(c23)S1(O)O)C(=O)O. The predicted octanol–water partition coefficient (Wildman–Crippen LogP) is 5.36. The van der Waals surface area contributed by atoms with Crippen LogP contribution in [0, 0.1) is 5.41 Å². The Hall–Kier alpha value is -1.76. The number of aliphatic carboxylic acids is 1. The largest absolute Gasteiger partial charge is 0.481 e. The molecule has 0 bridgehead atoms. The van der Waals surface area contributed by atoms with Crippen molar-refractivity contribution >= 4 is 33.2 Å². The Kier molecular flexibility index (Phi) is 4.70. The molecule has 2 aromatic rings. The molecular formula is C19H25NO4S. The molecule has 6 heteroatoms. The van der Waals surface area contributed by atoms with Gasteiger partial charge in [0, 0.05) is 11.9 Å². The van der Waals surface area contributed by atoms with E-state index >= 15 is 0 Å². The third-order valence-corrected chi connectivity index (χ3v) is 6.88. The van der Waals surface area contributed by atoms with E-state index in [4.69, 9.17) is 5.11 Å². The highest BCUT2D eigenvalue weighted by Crippen LogP contribution is 2.63. The van der Waals surface area contributed by atoms with Crippen LogP contribution in [0.1, 0.15) is 39.5 Å². The smallest absolute Gasteiger partial charge is 0.309 e. The zero-order chi connectivity index (χ0) is 18.2. The summed E-state index contributed by atoms with van der Waals surface area (Å²) in [5, 5.41) is 11.1. The molecule has 0 atom stereocenters. The lowest BCUT2D eigenvalue weighted by molar-refractivity contribution is -0.147. The minimum absolute atomic E-state index is 0.545. The number of unbranched alkanes of at least 4 members (excludes halogenated alkanes) is 2. The van der Waals surface area contributed by atoms with Crippen LogP contribution in [0.15, 0.2) is 41.3 Å². The Labute approximate surface area is 149 Å². The summed E-state index contributed by atoms with van der Waals surface area (Å²) < 4.78 is 23.2. The average Bonchev–Trinajstić information content (AvgIpc) is 2.77. The second kappa shape index (κ2) is 6.52. The number of carboxylic acids is 1. The number of nitrogens with zero attached hydrogens (tertiary/aromatic N) is 1. The van der Waals surface area contributed by atoms with Gasteiger partial charge in [0.15, 0.2) is 0 Å². The topological polar surface area (TPSA) is 81.0 Å². The van der Waals surface area contributed by atoms with Gasteiger partial charge in [-0.2, -0.15) is 0 Å². The van der Waals surface area contributed by atoms with Crippen LogP contribution in [0.25, 0.3) is 10.8 Å². The summed E-state index contributed by atoms with van der Waals surface area (Å²) >= 11 is 0. The Morgan fingerprint density at radius 1 is 1.08 bits per heavy atom. The van der Waals surface area contributed by atoms with Crippen LogP contribution >= 0.6 is 10.8 Å². The van der Waals surface area contributed by atoms with Gasteiger partial charge in [0.25, 0.3) is 0 Å². The molecule has 0 saturated carbocycles. The highest BCUT2D eigenvalue weighted by molar-refractivity contribution is 8.26. The van der Waals surface area contributed by atoms with Gasteiger partial charge in [0.1, 0.15) is 0 Å². The van der Waals surface area contributed by atoms with Crippen molar-refractivity contribution in [2.75, 3.05) is 10.8 Å². The maximum Gasteiger partial charge on any atom is 0.309 e. The van der Waals surface area contributed by atoms with E-state index in [-0.39, 0.29) is 0 Å². The molecule has 0 unspecified atom stereocenters. The first-order chi connectivity index (χ1) is 11.7. The predicted molar refractivity (Wildman–Crippen MR) is 102 cm³/mol. The fourth-order valence-corrected chi connectivity index (χ4v) is 5.14. The third-order valence-electron chi connectivity index (χ3n) is 4.96. The van der Waals surface area contributed by atoms with Crippen LogP contribution in [-0.2, 0) is 4.79 Å². The minimum Gasteiger partial charge on any atom is -0.481 e. The number of hydrogen-bond donors (Lipinski definition) is 3. The normalized spacial score (nSPS) is 17.0. The van der Waals surface area contributed by atoms with Gasteiger partial charge in [-0.05, 0) is 44.2 Å². The van der Waals surface area contributed by atoms with Crippen LogP contribution in [-0.4, -0.2) is 26.7 Å². The summed E-state index contributed by atoms with van der Waals surface area (Å²) in [6.07, 6.45) is 3.07. The molecule has 1 aliphatic rings. The van der Waals surface area contributed by atoms with Gasteiger partial charge in [0.05, 0.1) is 16.0 Å². The molecule has 0 saturated heterocycles. The summed E-state index contributed by atoms with van der Waals surface area (Å²) in [5.41, 5.74) is 0.164. The highest BCUT2D eigenvalue weighted by atomic mass is 32.3. The molecule has 0 fully saturated rings. The second-order valence-electron chi connectivity index (χ2n) is 7.25. The van der Waals surface area contributed by atoms with Crippen molar-refractivity contribution < 1.29 is 19.0 Å². The Bertz CT molecular complexity index is 798. The highest BCUT2D eigenvalue weighted by Gasteiger charge is 2.35. The summed E-state index contributed by atoms with van der Waals surface area (Å²) in [4.78, 5) is 11.7. The van der Waals surface area contributed by atoms with E-state index in [0.29, 0.717) is 17.9 Å². The van der Waals surface area contributed by atoms with Crippen molar-refractivity contribution in [2.24, 2.45) is 5.41 Å². The zero-order valence-corrected chi connectivity index (χ0v) is 15.4. The number of carboxylic acid groups (broad SMARTS) is 1. The molecular weight excluding hydrogens is 338 g/mol. The van der Waals surface area contributed by atoms with Gasteiger partial charge in [-0.1, -0.05) is 47.9 Å². The quantitative estimate of drug-likeness (QED) is 0.577. The molecule has 25 heavy (non-hydrogen) atoms. The second-order valence-corrected chi connectivity index (χ2v) is 9.17. The fourth-order valence-electron chi connectivity index (χ4n) is 3.33. The molecule has 3 rings (SSSR count). The average molecular weight is 363 g/mol. The first-order valence-corrected chi connectivity index (χ1v) is 10.1. The van der Waals surface area contributed by atoms with Crippen LogP contribution < -0.4 is 4.31 Å². The van der Waals surface area contributed by atoms with Crippen molar-refractivity contribution in [1.82, 2.24) is 0 Å². The van der Waals surface area contributed by atoms with Gasteiger partial charge < -0.3 is 5.11 Å². The van der Waals surface area contributed by atoms with E-state index in [1.807, 2.05) is 30.3 Å². The summed E-state index contributed by atoms with van der Waals surface area (Å²) in [6.45, 7) is 4.02. The number of hydrogen-bond acceptors (Lipinski definition) is 4. The molecule has 1 heterocycles. The van der Waals surface area contributed by atoms with E-state index in [1.165, 1.54) is 0 Å². The number of benzene rings is 2. The maximum atomic E-state index is 11.1. The standard InChI is InChI=1S/C19H25NO4S/c1-19(2,18(21)22)12-4-3-5-13-20-15-10-6-8-14-9-7-11-16(17(14)15)25(20,23)24/h6-11,23-24H,3-5,12-13H2,1-2H3,(H,21,22). The molecule has 0 aliphatic carbocycles. The molecule has 0 radical (unpaired) electrons. The fraction of sp³-hybridized carbons (Fsp3) is 0.421. The van der Waals surface area contributed by atoms with Crippen molar-refractivity contribution in [2.45, 2.75) is 44.4 Å². The van der Waals surface area contributed by atoms with Crippen LogP contribution in [0.3, 0.4) is 0 Å². The number of rotatable bonds is 7. The van der Waals surface area contributed by atoms with E-state index in [1.54, 1.807) is 24.2 Å². The molecule has 2 aromatic carbocycles. The van der Waals surface area contributed by atoms with Crippen molar-refractivity contribution in [1.29, 1.82) is 0 Å². The summed E-state index contributed by atoms with van der Waals surface area (Å²) in [7, 11) is -2.99. The Morgan fingerprint density at radius 2 is 1.76 bits per heavy atom. The maximum absolute atomic E-state index is 11.1. The minimum atomic E-state index is -2.99. The molecule has 1 aliphatic heterocycles. The van der Waals surface area contributed by atoms with Crippen LogP contribution in [0.2, 0.25) is 0 Å². The molecule has 0 amide bonds. The van der Waals surface area contributed by atoms with Crippen LogP contribution in [0.5, 0.6) is 0 Å². The number of anilines is 1. The van der Waals surface area contributed by atoms with Gasteiger partial charge in [-0.3, -0.25) is 18.2 Å². The van der Waals surface area contributed by atoms with Crippen molar-refractivity contribution in [3.8, 4) is 0 Å². The molecule has 3 N–H and O–H groups in total. The first-order valence-electron chi connectivity index (χ1n) is 8.56. The summed E-state index contributed by atoms with van der Waals surface area (Å²) in [5.74, 6) is -0.775. The zero-order valence-electron chi connectivity index (χ0n) is 14.6. The van der Waals surface area contributed by atoms with E-state index in [9.17, 15) is 13.9 Å². The number of carbonyl (C=O) groups is 1. The van der Waals surface area contributed by atoms with Crippen molar-refractivity contribution in [3.05, 3.63) is 36.4 Å². The molecule has 0 spiro atoms. The van der Waals surface area contributed by atoms with Crippen LogP contribution in [0.4, 0.5) is 5.69 Å². The Morgan fingerprint density at radius 3 is 2.44 bits per heavy atom. The van der Waals surface area contributed by atoms with E-state index in [2.05, 4.69) is 0 Å². The van der Waals surface area contributed by atoms with E-state index < -0.39 is 22.2 Å². The monoisotopic (exact) mass is 363 g/mol. The first kappa shape index (κ1) is 18.0. The molecule has 5 nitrogen and oxygen atoms in total. The molecule has 136 valence electrons. The lowest BCUT2D eigenvalue weighted by atomic mass is 9.87. The Balaban J connectivity index is 1.67. The summed E-state index contributed by atoms with van der Waals surface area (Å²) in [6, 6.07) is 11.5.